The summed E-state index contributed by atoms with van der Waals surface area (Å²) in [6.45, 7) is 0. The van der Waals surface area contributed by atoms with Gasteiger partial charge in [0.1, 0.15) is 0 Å². The van der Waals surface area contributed by atoms with E-state index in [1.807, 2.05) is 11.3 Å². The number of nitrogens with two attached hydrogens (primary N) is 1. The molecule has 3 heteroatoms. The van der Waals surface area contributed by atoms with E-state index in [9.17, 15) is 0 Å². The fraction of sp³-hybridized carbons (Fsp3) is 0.714. The van der Waals surface area contributed by atoms with Crippen LogP contribution in [0, 0.1) is 5.92 Å². The van der Waals surface area contributed by atoms with E-state index in [0.717, 1.165) is 5.92 Å². The van der Waals surface area contributed by atoms with E-state index in [2.05, 4.69) is 11.5 Å². The zero-order valence-corrected chi connectivity index (χ0v) is 11.2. The Morgan fingerprint density at radius 3 is 2.88 bits per heavy atom. The van der Waals surface area contributed by atoms with Crippen LogP contribution in [0.5, 0.6) is 0 Å². The van der Waals surface area contributed by atoms with Crippen molar-refractivity contribution in [2.75, 3.05) is 0 Å². The second kappa shape index (κ2) is 5.09. The maximum absolute atomic E-state index is 5.73. The molecule has 0 amide bonds. The van der Waals surface area contributed by atoms with Crippen LogP contribution in [0.2, 0.25) is 0 Å². The third kappa shape index (κ3) is 2.72. The molecule has 1 fully saturated rings. The van der Waals surface area contributed by atoms with Gasteiger partial charge in [-0.25, -0.2) is 0 Å². The summed E-state index contributed by atoms with van der Waals surface area (Å²) in [7, 11) is 0. The Labute approximate surface area is 108 Å². The first kappa shape index (κ1) is 11.7. The van der Waals surface area contributed by atoms with Crippen LogP contribution in [0.4, 0.5) is 0 Å². The summed E-state index contributed by atoms with van der Waals surface area (Å²) in [5, 5.41) is 0. The third-order valence-corrected chi connectivity index (χ3v) is 5.43. The first-order valence-electron chi connectivity index (χ1n) is 6.94. The van der Waals surface area contributed by atoms with Gasteiger partial charge < -0.3 is 0 Å². The van der Waals surface area contributed by atoms with Gasteiger partial charge in [0, 0.05) is 9.75 Å². The molecular weight excluding hydrogens is 228 g/mol. The lowest BCUT2D eigenvalue weighted by atomic mass is 10.1. The van der Waals surface area contributed by atoms with Gasteiger partial charge in [-0.15, -0.1) is 11.3 Å². The Bertz CT molecular complexity index is 358. The first-order valence-corrected chi connectivity index (χ1v) is 7.76. The molecule has 3 rings (SSSR count). The van der Waals surface area contributed by atoms with Crippen molar-refractivity contribution in [2.45, 2.75) is 57.4 Å². The van der Waals surface area contributed by atoms with Crippen molar-refractivity contribution in [1.82, 2.24) is 5.43 Å². The lowest BCUT2D eigenvalue weighted by Crippen LogP contribution is -2.27. The van der Waals surface area contributed by atoms with Crippen LogP contribution in [0.1, 0.15) is 59.9 Å². The van der Waals surface area contributed by atoms with Crippen molar-refractivity contribution in [2.24, 2.45) is 11.8 Å². The highest BCUT2D eigenvalue weighted by Crippen LogP contribution is 2.40. The molecule has 2 aliphatic carbocycles. The van der Waals surface area contributed by atoms with Crippen LogP contribution < -0.4 is 11.3 Å². The minimum Gasteiger partial charge on any atom is -0.271 e. The Hall–Kier alpha value is -0.380. The molecule has 0 aliphatic heterocycles. The van der Waals surface area contributed by atoms with Gasteiger partial charge >= 0.3 is 0 Å². The predicted octanol–water partition coefficient (Wildman–Crippen LogP) is 3.32. The lowest BCUT2D eigenvalue weighted by Gasteiger charge is -2.13. The lowest BCUT2D eigenvalue weighted by molar-refractivity contribution is 0.494. The number of thiophene rings is 1. The predicted molar refractivity (Wildman–Crippen MR) is 73.0 cm³/mol. The minimum atomic E-state index is 0.402. The average Bonchev–Trinajstić information content (AvgIpc) is 3.11. The highest BCUT2D eigenvalue weighted by molar-refractivity contribution is 7.12. The van der Waals surface area contributed by atoms with Crippen LogP contribution >= 0.6 is 11.3 Å². The van der Waals surface area contributed by atoms with Gasteiger partial charge in [-0.05, 0) is 49.7 Å². The zero-order chi connectivity index (χ0) is 11.7. The Morgan fingerprint density at radius 2 is 2.12 bits per heavy atom. The fourth-order valence-corrected chi connectivity index (χ4v) is 4.15. The van der Waals surface area contributed by atoms with Crippen LogP contribution in [-0.2, 0) is 12.8 Å². The van der Waals surface area contributed by atoms with E-state index in [-0.39, 0.29) is 0 Å². The number of hydrogen-bond donors (Lipinski definition) is 2. The van der Waals surface area contributed by atoms with Crippen LogP contribution in [0.3, 0.4) is 0 Å². The molecule has 2 nitrogen and oxygen atoms in total. The van der Waals surface area contributed by atoms with Gasteiger partial charge in [-0.3, -0.25) is 11.3 Å². The number of fused-ring (bicyclic) bond motifs is 1. The Morgan fingerprint density at radius 1 is 1.29 bits per heavy atom. The summed E-state index contributed by atoms with van der Waals surface area (Å²) in [5.41, 5.74) is 4.63. The molecule has 1 unspecified atom stereocenters. The maximum Gasteiger partial charge on any atom is 0.0556 e. The SMILES string of the molecule is NNC(CC1CC1)c1cc2c(s1)CCCCC2. The number of hydrogen-bond acceptors (Lipinski definition) is 3. The fourth-order valence-electron chi connectivity index (χ4n) is 2.82. The third-order valence-electron chi connectivity index (χ3n) is 4.08. The summed E-state index contributed by atoms with van der Waals surface area (Å²) in [5.74, 6) is 6.65. The molecule has 3 N–H and O–H groups in total. The monoisotopic (exact) mass is 250 g/mol. The maximum atomic E-state index is 5.73. The molecule has 1 saturated carbocycles. The second-order valence-corrected chi connectivity index (χ2v) is 6.72. The number of hydrazine groups is 1. The number of nitrogens with one attached hydrogen (secondary N) is 1. The van der Waals surface area contributed by atoms with Gasteiger partial charge in [-0.1, -0.05) is 19.3 Å². The summed E-state index contributed by atoms with van der Waals surface area (Å²) in [6, 6.07) is 2.83. The summed E-state index contributed by atoms with van der Waals surface area (Å²) < 4.78 is 0. The van der Waals surface area contributed by atoms with Crippen molar-refractivity contribution in [1.29, 1.82) is 0 Å². The van der Waals surface area contributed by atoms with Crippen LogP contribution in [0.15, 0.2) is 6.07 Å². The van der Waals surface area contributed by atoms with E-state index in [4.69, 9.17) is 5.84 Å². The van der Waals surface area contributed by atoms with Gasteiger partial charge in [0.2, 0.25) is 0 Å². The standard InChI is InChI=1S/C14H22N2S/c15-16-12(8-10-6-7-10)14-9-11-4-2-1-3-5-13(11)17-14/h9-10,12,16H,1-8,15H2. The van der Waals surface area contributed by atoms with Crippen molar-refractivity contribution in [3.63, 3.8) is 0 Å². The average molecular weight is 250 g/mol. The molecule has 1 heterocycles. The largest absolute Gasteiger partial charge is 0.271 e. The van der Waals surface area contributed by atoms with E-state index in [0.29, 0.717) is 6.04 Å². The van der Waals surface area contributed by atoms with Crippen molar-refractivity contribution in [3.8, 4) is 0 Å². The molecule has 1 atom stereocenters. The molecule has 0 bridgehead atoms. The van der Waals surface area contributed by atoms with E-state index in [1.165, 1.54) is 56.2 Å². The molecule has 1 aromatic rings. The molecule has 0 spiro atoms. The van der Waals surface area contributed by atoms with Crippen molar-refractivity contribution >= 4 is 11.3 Å². The highest BCUT2D eigenvalue weighted by Gasteiger charge is 2.27. The molecule has 1 aromatic heterocycles. The van der Waals surface area contributed by atoms with Crippen molar-refractivity contribution in [3.05, 3.63) is 21.4 Å². The van der Waals surface area contributed by atoms with Gasteiger partial charge in [0.05, 0.1) is 6.04 Å². The summed E-state index contributed by atoms with van der Waals surface area (Å²) in [6.07, 6.45) is 10.8. The molecule has 0 aromatic carbocycles. The van der Waals surface area contributed by atoms with E-state index < -0.39 is 0 Å². The summed E-state index contributed by atoms with van der Waals surface area (Å²) in [4.78, 5) is 3.11. The zero-order valence-electron chi connectivity index (χ0n) is 10.4. The smallest absolute Gasteiger partial charge is 0.0556 e. The second-order valence-electron chi connectivity index (χ2n) is 5.56. The topological polar surface area (TPSA) is 38.0 Å². The number of aryl methyl sites for hydroxylation is 2. The molecule has 0 saturated heterocycles. The molecule has 17 heavy (non-hydrogen) atoms. The highest BCUT2D eigenvalue weighted by atomic mass is 32.1. The summed E-state index contributed by atoms with van der Waals surface area (Å²) >= 11 is 2.01. The van der Waals surface area contributed by atoms with Gasteiger partial charge in [0.25, 0.3) is 0 Å². The van der Waals surface area contributed by atoms with E-state index in [1.54, 1.807) is 10.4 Å². The van der Waals surface area contributed by atoms with E-state index >= 15 is 0 Å². The van der Waals surface area contributed by atoms with Crippen LogP contribution in [0.25, 0.3) is 0 Å². The number of rotatable bonds is 4. The molecule has 0 radical (unpaired) electrons. The van der Waals surface area contributed by atoms with Crippen LogP contribution in [-0.4, -0.2) is 0 Å². The quantitative estimate of drug-likeness (QED) is 0.489. The molecule has 2 aliphatic rings. The normalized spacial score (nSPS) is 21.9. The minimum absolute atomic E-state index is 0.402. The Kier molecular flexibility index (Phi) is 3.50. The van der Waals surface area contributed by atoms with Gasteiger partial charge in [0.15, 0.2) is 0 Å². The molecule has 94 valence electrons. The van der Waals surface area contributed by atoms with Gasteiger partial charge in [-0.2, -0.15) is 0 Å². The first-order chi connectivity index (χ1) is 8.36. The van der Waals surface area contributed by atoms with Crippen molar-refractivity contribution < 1.29 is 0 Å². The molecular formula is C14H22N2S. The Balaban J connectivity index is 1.76.